The molecule has 1 aromatic rings. The highest BCUT2D eigenvalue weighted by Gasteiger charge is 2.24. The van der Waals surface area contributed by atoms with Crippen LogP contribution in [0.5, 0.6) is 11.5 Å². The van der Waals surface area contributed by atoms with E-state index in [2.05, 4.69) is 11.4 Å². The number of methoxy groups -OCH3 is 1. The molecule has 0 spiro atoms. The van der Waals surface area contributed by atoms with Gasteiger partial charge in [0.2, 0.25) is 12.7 Å². The van der Waals surface area contributed by atoms with Crippen molar-refractivity contribution in [1.82, 2.24) is 5.32 Å². The average Bonchev–Trinajstić information content (AvgIpc) is 3.12. The Kier molecular flexibility index (Phi) is 5.58. The van der Waals surface area contributed by atoms with Gasteiger partial charge >= 0.3 is 5.97 Å². The van der Waals surface area contributed by atoms with Gasteiger partial charge in [-0.15, -0.1) is 0 Å². The number of carbonyl (C=O) groups is 2. The van der Waals surface area contributed by atoms with Crippen LogP contribution in [-0.4, -0.2) is 32.3 Å². The number of esters is 1. The lowest BCUT2D eigenvalue weighted by atomic mass is 9.93. The molecule has 0 radical (unpaired) electrons. The van der Waals surface area contributed by atoms with Gasteiger partial charge in [-0.1, -0.05) is 18.2 Å². The number of ether oxygens (including phenoxy) is 3. The standard InChI is InChI=1S/C19H23NO5/c1-23-19(22)15(11-20-18(21)14-5-3-2-4-6-14)9-13-7-8-16-17(10-13)25-12-24-16/h2-3,7-8,10,14-15H,4-6,9,11-12H2,1H3,(H,20,21)/t14-,15-/m0/s1. The molecule has 134 valence electrons. The first-order valence-electron chi connectivity index (χ1n) is 8.56. The number of fused-ring (bicyclic) bond motifs is 1. The summed E-state index contributed by atoms with van der Waals surface area (Å²) in [6.07, 6.45) is 7.15. The molecule has 1 aromatic carbocycles. The van der Waals surface area contributed by atoms with Crippen LogP contribution >= 0.6 is 0 Å². The first kappa shape index (κ1) is 17.3. The van der Waals surface area contributed by atoms with E-state index in [1.165, 1.54) is 7.11 Å². The minimum absolute atomic E-state index is 0.00365. The van der Waals surface area contributed by atoms with Gasteiger partial charge in [-0.2, -0.15) is 0 Å². The third kappa shape index (κ3) is 4.32. The Morgan fingerprint density at radius 1 is 1.28 bits per heavy atom. The van der Waals surface area contributed by atoms with Crippen molar-refractivity contribution in [3.63, 3.8) is 0 Å². The van der Waals surface area contributed by atoms with Crippen LogP contribution in [-0.2, 0) is 20.7 Å². The van der Waals surface area contributed by atoms with Crippen LogP contribution in [0.3, 0.4) is 0 Å². The summed E-state index contributed by atoms with van der Waals surface area (Å²) in [5.74, 6) is 0.615. The molecule has 0 fully saturated rings. The highest BCUT2D eigenvalue weighted by Crippen LogP contribution is 2.33. The molecule has 1 amide bonds. The first-order chi connectivity index (χ1) is 12.2. The Balaban J connectivity index is 1.60. The summed E-state index contributed by atoms with van der Waals surface area (Å²) in [5, 5.41) is 2.91. The SMILES string of the molecule is COC(=O)[C@H](CNC(=O)[C@H]1CC=CCC1)Cc1ccc2c(c1)OCO2. The minimum atomic E-state index is -0.437. The van der Waals surface area contributed by atoms with E-state index in [0.29, 0.717) is 17.9 Å². The topological polar surface area (TPSA) is 73.9 Å². The molecule has 0 saturated heterocycles. The number of benzene rings is 1. The second kappa shape index (κ2) is 8.05. The normalized spacial score (nSPS) is 19.3. The first-order valence-corrected chi connectivity index (χ1v) is 8.56. The predicted molar refractivity (Wildman–Crippen MR) is 91.3 cm³/mol. The summed E-state index contributed by atoms with van der Waals surface area (Å²) in [4.78, 5) is 24.4. The Morgan fingerprint density at radius 3 is 2.88 bits per heavy atom. The molecule has 1 aliphatic carbocycles. The highest BCUT2D eigenvalue weighted by molar-refractivity contribution is 5.80. The van der Waals surface area contributed by atoms with Crippen LogP contribution in [0, 0.1) is 11.8 Å². The molecule has 2 aliphatic rings. The molecule has 2 atom stereocenters. The Hall–Kier alpha value is -2.50. The number of nitrogens with one attached hydrogen (secondary N) is 1. The smallest absolute Gasteiger partial charge is 0.310 e. The van der Waals surface area contributed by atoms with E-state index >= 15 is 0 Å². The van der Waals surface area contributed by atoms with E-state index in [-0.39, 0.29) is 31.1 Å². The van der Waals surface area contributed by atoms with Crippen LogP contribution in [0.4, 0.5) is 0 Å². The van der Waals surface area contributed by atoms with Crippen molar-refractivity contribution in [2.24, 2.45) is 11.8 Å². The Labute approximate surface area is 147 Å². The molecule has 0 saturated carbocycles. The summed E-state index contributed by atoms with van der Waals surface area (Å²) < 4.78 is 15.6. The van der Waals surface area contributed by atoms with Crippen molar-refractivity contribution in [3.8, 4) is 11.5 Å². The van der Waals surface area contributed by atoms with Gasteiger partial charge in [0.05, 0.1) is 13.0 Å². The van der Waals surface area contributed by atoms with E-state index in [1.54, 1.807) is 0 Å². The van der Waals surface area contributed by atoms with E-state index < -0.39 is 5.92 Å². The fourth-order valence-corrected chi connectivity index (χ4v) is 3.16. The summed E-state index contributed by atoms with van der Waals surface area (Å²) in [6, 6.07) is 5.60. The molecule has 25 heavy (non-hydrogen) atoms. The van der Waals surface area contributed by atoms with Crippen LogP contribution < -0.4 is 14.8 Å². The van der Waals surface area contributed by atoms with E-state index in [9.17, 15) is 9.59 Å². The van der Waals surface area contributed by atoms with Crippen molar-refractivity contribution in [1.29, 1.82) is 0 Å². The fraction of sp³-hybridized carbons (Fsp3) is 0.474. The van der Waals surface area contributed by atoms with Crippen LogP contribution in [0.2, 0.25) is 0 Å². The van der Waals surface area contributed by atoms with Gasteiger partial charge in [0.25, 0.3) is 0 Å². The van der Waals surface area contributed by atoms with Gasteiger partial charge in [-0.3, -0.25) is 9.59 Å². The lowest BCUT2D eigenvalue weighted by Crippen LogP contribution is -2.38. The van der Waals surface area contributed by atoms with Gasteiger partial charge in [0.15, 0.2) is 11.5 Å². The molecule has 1 N–H and O–H groups in total. The van der Waals surface area contributed by atoms with Crippen LogP contribution in [0.15, 0.2) is 30.4 Å². The number of hydrogen-bond acceptors (Lipinski definition) is 5. The van der Waals surface area contributed by atoms with Crippen molar-refractivity contribution in [2.75, 3.05) is 20.4 Å². The summed E-state index contributed by atoms with van der Waals surface area (Å²) in [6.45, 7) is 0.477. The molecular weight excluding hydrogens is 322 g/mol. The van der Waals surface area contributed by atoms with Gasteiger partial charge in [-0.25, -0.2) is 0 Å². The van der Waals surface area contributed by atoms with E-state index in [4.69, 9.17) is 14.2 Å². The monoisotopic (exact) mass is 345 g/mol. The fourth-order valence-electron chi connectivity index (χ4n) is 3.16. The van der Waals surface area contributed by atoms with Crippen molar-refractivity contribution in [2.45, 2.75) is 25.7 Å². The van der Waals surface area contributed by atoms with Gasteiger partial charge in [0.1, 0.15) is 0 Å². The predicted octanol–water partition coefficient (Wildman–Crippen LogP) is 2.22. The maximum atomic E-state index is 12.3. The Morgan fingerprint density at radius 2 is 2.12 bits per heavy atom. The van der Waals surface area contributed by atoms with Gasteiger partial charge in [0, 0.05) is 12.5 Å². The quantitative estimate of drug-likeness (QED) is 0.632. The summed E-state index contributed by atoms with van der Waals surface area (Å²) >= 11 is 0. The van der Waals surface area contributed by atoms with E-state index in [0.717, 1.165) is 24.8 Å². The average molecular weight is 345 g/mol. The third-order valence-electron chi connectivity index (χ3n) is 4.62. The molecular formula is C19H23NO5. The molecule has 1 heterocycles. The number of amides is 1. The second-order valence-corrected chi connectivity index (χ2v) is 6.34. The lowest BCUT2D eigenvalue weighted by molar-refractivity contribution is -0.145. The number of hydrogen-bond donors (Lipinski definition) is 1. The zero-order valence-electron chi connectivity index (χ0n) is 14.3. The van der Waals surface area contributed by atoms with Crippen LogP contribution in [0.1, 0.15) is 24.8 Å². The van der Waals surface area contributed by atoms with Crippen molar-refractivity contribution >= 4 is 11.9 Å². The maximum Gasteiger partial charge on any atom is 0.310 e. The summed E-state index contributed by atoms with van der Waals surface area (Å²) in [5.41, 5.74) is 0.939. The van der Waals surface area contributed by atoms with Crippen molar-refractivity contribution in [3.05, 3.63) is 35.9 Å². The number of rotatable bonds is 6. The van der Waals surface area contributed by atoms with Gasteiger partial charge in [-0.05, 0) is 43.4 Å². The van der Waals surface area contributed by atoms with Crippen molar-refractivity contribution < 1.29 is 23.8 Å². The highest BCUT2D eigenvalue weighted by atomic mass is 16.7. The minimum Gasteiger partial charge on any atom is -0.469 e. The lowest BCUT2D eigenvalue weighted by Gasteiger charge is -2.20. The largest absolute Gasteiger partial charge is 0.469 e. The van der Waals surface area contributed by atoms with E-state index in [1.807, 2.05) is 24.3 Å². The molecule has 1 aliphatic heterocycles. The Bertz CT molecular complexity index is 670. The van der Waals surface area contributed by atoms with Crippen LogP contribution in [0.25, 0.3) is 0 Å². The number of allylic oxidation sites excluding steroid dienone is 2. The zero-order chi connectivity index (χ0) is 17.6. The molecule has 6 nitrogen and oxygen atoms in total. The molecule has 3 rings (SSSR count). The molecule has 0 bridgehead atoms. The van der Waals surface area contributed by atoms with Gasteiger partial charge < -0.3 is 19.5 Å². The second-order valence-electron chi connectivity index (χ2n) is 6.34. The number of carbonyl (C=O) groups excluding carboxylic acids is 2. The third-order valence-corrected chi connectivity index (χ3v) is 4.62. The zero-order valence-corrected chi connectivity index (χ0v) is 14.3. The maximum absolute atomic E-state index is 12.3. The molecule has 0 unspecified atom stereocenters. The molecule has 0 aromatic heterocycles. The molecule has 6 heteroatoms. The summed E-state index contributed by atoms with van der Waals surface area (Å²) in [7, 11) is 1.36.